The molecule has 9 nitrogen and oxygen atoms in total. The van der Waals surface area contributed by atoms with Crippen molar-refractivity contribution in [1.29, 1.82) is 0 Å². The molecule has 0 atom stereocenters. The third kappa shape index (κ3) is 7.83. The number of nitrogens with one attached hydrogen (secondary N) is 2. The SMILES string of the molecule is CCOC(=O)CNC1CCN(c2ccc(-c3nc4nc(-c5cc(F)cc(C(F)(F)F)c5)cc(N(C)CC5(COC)CCC5)c4[nH]3)cc2)CC1. The van der Waals surface area contributed by atoms with Crippen LogP contribution in [0.2, 0.25) is 0 Å². The number of esters is 1. The number of halogens is 4. The number of carbonyl (C=O) groups is 1. The number of benzene rings is 2. The number of nitrogens with zero attached hydrogens (tertiary/aromatic N) is 4. The molecule has 2 aliphatic rings. The smallest absolute Gasteiger partial charge is 0.416 e. The second-order valence-corrected chi connectivity index (χ2v) is 13.2. The van der Waals surface area contributed by atoms with Crippen LogP contribution in [0, 0.1) is 11.2 Å². The van der Waals surface area contributed by atoms with Crippen molar-refractivity contribution in [3.8, 4) is 22.6 Å². The Bertz CT molecular complexity index is 1770. The molecule has 4 aromatic rings. The Kier molecular flexibility index (Phi) is 10.1. The maximum atomic E-state index is 14.5. The molecule has 1 aliphatic heterocycles. The van der Waals surface area contributed by atoms with Gasteiger partial charge in [-0.3, -0.25) is 4.79 Å². The number of carbonyl (C=O) groups excluding carboxylic acids is 1. The fourth-order valence-corrected chi connectivity index (χ4v) is 6.99. The number of imidazole rings is 1. The number of anilines is 2. The van der Waals surface area contributed by atoms with Gasteiger partial charge in [0, 0.05) is 62.1 Å². The summed E-state index contributed by atoms with van der Waals surface area (Å²) in [6.07, 6.45) is 0.208. The topological polar surface area (TPSA) is 95.6 Å². The molecule has 2 aromatic carbocycles. The summed E-state index contributed by atoms with van der Waals surface area (Å²) >= 11 is 0. The minimum absolute atomic E-state index is 0.0212. The second-order valence-electron chi connectivity index (χ2n) is 13.2. The van der Waals surface area contributed by atoms with Crippen molar-refractivity contribution < 1.29 is 31.8 Å². The molecule has 1 saturated heterocycles. The monoisotopic (exact) mass is 682 g/mol. The number of pyridine rings is 1. The predicted octanol–water partition coefficient (Wildman–Crippen LogP) is 6.82. The fourth-order valence-electron chi connectivity index (χ4n) is 6.99. The molecule has 2 N–H and O–H groups in total. The lowest BCUT2D eigenvalue weighted by Gasteiger charge is -2.44. The molecule has 49 heavy (non-hydrogen) atoms. The van der Waals surface area contributed by atoms with Gasteiger partial charge in [0.25, 0.3) is 0 Å². The Morgan fingerprint density at radius 1 is 1.08 bits per heavy atom. The normalized spacial score (nSPS) is 16.5. The maximum Gasteiger partial charge on any atom is 0.416 e. The Balaban J connectivity index is 1.27. The van der Waals surface area contributed by atoms with Crippen LogP contribution in [0.4, 0.5) is 28.9 Å². The summed E-state index contributed by atoms with van der Waals surface area (Å²) < 4.78 is 65.9. The highest BCUT2D eigenvalue weighted by atomic mass is 19.4. The van der Waals surface area contributed by atoms with Gasteiger partial charge in [0.05, 0.1) is 36.7 Å². The molecule has 2 fully saturated rings. The predicted molar refractivity (Wildman–Crippen MR) is 181 cm³/mol. The number of hydrogen-bond acceptors (Lipinski definition) is 8. The lowest BCUT2D eigenvalue weighted by Crippen LogP contribution is -2.44. The van der Waals surface area contributed by atoms with E-state index >= 15 is 0 Å². The molecule has 6 rings (SSSR count). The number of rotatable bonds is 12. The number of aromatic amines is 1. The number of hydrogen-bond donors (Lipinski definition) is 2. The fraction of sp³-hybridized carbons (Fsp3) is 0.472. The van der Waals surface area contributed by atoms with E-state index in [2.05, 4.69) is 25.1 Å². The van der Waals surface area contributed by atoms with Crippen LogP contribution in [0.25, 0.3) is 33.8 Å². The Morgan fingerprint density at radius 3 is 2.45 bits per heavy atom. The van der Waals surface area contributed by atoms with Crippen molar-refractivity contribution in [3.05, 3.63) is 59.9 Å². The van der Waals surface area contributed by atoms with Gasteiger partial charge >= 0.3 is 12.1 Å². The van der Waals surface area contributed by atoms with Crippen LogP contribution < -0.4 is 15.1 Å². The maximum absolute atomic E-state index is 14.5. The van der Waals surface area contributed by atoms with Crippen molar-refractivity contribution in [2.45, 2.75) is 51.2 Å². The molecule has 0 unspecified atom stereocenters. The van der Waals surface area contributed by atoms with Gasteiger partial charge in [-0.2, -0.15) is 13.2 Å². The number of alkyl halides is 3. The summed E-state index contributed by atoms with van der Waals surface area (Å²) in [6, 6.07) is 12.5. The minimum Gasteiger partial charge on any atom is -0.465 e. The van der Waals surface area contributed by atoms with E-state index in [1.165, 1.54) is 0 Å². The zero-order valence-electron chi connectivity index (χ0n) is 28.0. The molecule has 0 radical (unpaired) electrons. The minimum atomic E-state index is -4.71. The summed E-state index contributed by atoms with van der Waals surface area (Å²) in [5.74, 6) is -0.669. The molecule has 1 aliphatic carbocycles. The van der Waals surface area contributed by atoms with Crippen LogP contribution in [0.3, 0.4) is 0 Å². The highest BCUT2D eigenvalue weighted by Gasteiger charge is 2.38. The quantitative estimate of drug-likeness (QED) is 0.124. The van der Waals surface area contributed by atoms with Gasteiger partial charge in [-0.05, 0) is 81.1 Å². The lowest BCUT2D eigenvalue weighted by molar-refractivity contribution is -0.142. The van der Waals surface area contributed by atoms with E-state index in [1.807, 2.05) is 31.3 Å². The third-order valence-corrected chi connectivity index (χ3v) is 9.65. The first-order chi connectivity index (χ1) is 23.5. The Hall–Kier alpha value is -4.23. The van der Waals surface area contributed by atoms with Crippen molar-refractivity contribution in [1.82, 2.24) is 20.3 Å². The highest BCUT2D eigenvalue weighted by molar-refractivity contribution is 5.91. The summed E-state index contributed by atoms with van der Waals surface area (Å²) in [4.78, 5) is 28.9. The van der Waals surface area contributed by atoms with Crippen LogP contribution in [0.15, 0.2) is 48.5 Å². The standard InChI is InChI=1S/C36H42F4N6O3/c1-4-49-31(47)20-41-27-10-14-46(15-11-27)28-8-6-23(7-9-28)33-43-32-30(45(2)21-35(22-48-3)12-5-13-35)19-29(42-34(32)44-33)24-16-25(36(38,39)40)18-26(37)17-24/h6-9,16-19,27,41H,4-5,10-15,20-22H2,1-3H3,(H,42,43,44). The molecule has 2 aromatic heterocycles. The van der Waals surface area contributed by atoms with Crippen molar-refractivity contribution in [2.75, 3.05) is 63.4 Å². The van der Waals surface area contributed by atoms with E-state index in [1.54, 1.807) is 20.1 Å². The summed E-state index contributed by atoms with van der Waals surface area (Å²) in [5, 5.41) is 3.29. The van der Waals surface area contributed by atoms with Gasteiger partial charge in [-0.15, -0.1) is 0 Å². The third-order valence-electron chi connectivity index (χ3n) is 9.65. The number of methoxy groups -OCH3 is 1. The lowest BCUT2D eigenvalue weighted by atomic mass is 9.69. The van der Waals surface area contributed by atoms with Gasteiger partial charge in [-0.1, -0.05) is 6.42 Å². The first-order valence-corrected chi connectivity index (χ1v) is 16.7. The first-order valence-electron chi connectivity index (χ1n) is 16.7. The summed E-state index contributed by atoms with van der Waals surface area (Å²) in [6.45, 7) is 5.32. The van der Waals surface area contributed by atoms with Gasteiger partial charge in [0.2, 0.25) is 0 Å². The molecule has 3 heterocycles. The van der Waals surface area contributed by atoms with Crippen LogP contribution in [-0.4, -0.2) is 80.5 Å². The number of H-pyrrole nitrogens is 1. The van der Waals surface area contributed by atoms with Crippen LogP contribution in [0.1, 0.15) is 44.6 Å². The zero-order valence-corrected chi connectivity index (χ0v) is 28.0. The van der Waals surface area contributed by atoms with Crippen molar-refractivity contribution in [2.24, 2.45) is 5.41 Å². The average molecular weight is 683 g/mol. The van der Waals surface area contributed by atoms with Crippen molar-refractivity contribution >= 4 is 28.5 Å². The average Bonchev–Trinajstić information content (AvgIpc) is 3.50. The summed E-state index contributed by atoms with van der Waals surface area (Å²) in [5.41, 5.74) is 2.66. The molecule has 0 spiro atoms. The number of piperidine rings is 1. The number of ether oxygens (including phenoxy) is 2. The van der Waals surface area contributed by atoms with Crippen LogP contribution in [0.5, 0.6) is 0 Å². The van der Waals surface area contributed by atoms with E-state index in [4.69, 9.17) is 14.5 Å². The van der Waals surface area contributed by atoms with E-state index in [-0.39, 0.29) is 35.2 Å². The first kappa shape index (κ1) is 34.6. The zero-order chi connectivity index (χ0) is 34.8. The Morgan fingerprint density at radius 2 is 1.82 bits per heavy atom. The molecule has 13 heteroatoms. The van der Waals surface area contributed by atoms with Gasteiger partial charge < -0.3 is 29.6 Å². The van der Waals surface area contributed by atoms with E-state index in [0.717, 1.165) is 68.6 Å². The van der Waals surface area contributed by atoms with Crippen LogP contribution >= 0.6 is 0 Å². The van der Waals surface area contributed by atoms with E-state index in [0.29, 0.717) is 48.5 Å². The number of aromatic nitrogens is 3. The van der Waals surface area contributed by atoms with Gasteiger partial charge in [0.15, 0.2) is 5.65 Å². The summed E-state index contributed by atoms with van der Waals surface area (Å²) in [7, 11) is 3.62. The molecule has 0 bridgehead atoms. The second kappa shape index (κ2) is 14.3. The molecular weight excluding hydrogens is 640 g/mol. The van der Waals surface area contributed by atoms with Crippen molar-refractivity contribution in [3.63, 3.8) is 0 Å². The molecule has 1 saturated carbocycles. The Labute approximate surface area is 283 Å². The van der Waals surface area contributed by atoms with Crippen LogP contribution in [-0.2, 0) is 20.4 Å². The highest BCUT2D eigenvalue weighted by Crippen LogP contribution is 2.43. The molecule has 0 amide bonds. The van der Waals surface area contributed by atoms with E-state index < -0.39 is 17.6 Å². The van der Waals surface area contributed by atoms with E-state index in [9.17, 15) is 22.4 Å². The molecule has 262 valence electrons. The molecular formula is C36H42F4N6O3. The van der Waals surface area contributed by atoms with Gasteiger partial charge in [-0.25, -0.2) is 14.4 Å². The number of fused-ring (bicyclic) bond motifs is 1. The van der Waals surface area contributed by atoms with Gasteiger partial charge in [0.1, 0.15) is 17.2 Å². The largest absolute Gasteiger partial charge is 0.465 e.